The van der Waals surface area contributed by atoms with Crippen molar-refractivity contribution in [3.8, 4) is 0 Å². The van der Waals surface area contributed by atoms with Crippen molar-refractivity contribution in [3.05, 3.63) is 34.9 Å². The van der Waals surface area contributed by atoms with E-state index in [0.717, 1.165) is 17.7 Å². The lowest BCUT2D eigenvalue weighted by atomic mass is 10.1. The van der Waals surface area contributed by atoms with Crippen LogP contribution in [0.4, 0.5) is 0 Å². The Morgan fingerprint density at radius 3 is 2.81 bits per heavy atom. The molecule has 2 N–H and O–H groups in total. The number of aliphatic hydroxyl groups excluding tert-OH is 1. The SMILES string of the molecule is CN(CC(=O)NC(CO)c1ccc(Cl)cc1)C1CCSC1. The van der Waals surface area contributed by atoms with E-state index in [0.29, 0.717) is 17.6 Å². The smallest absolute Gasteiger partial charge is 0.234 e. The van der Waals surface area contributed by atoms with Crippen LogP contribution in [0.5, 0.6) is 0 Å². The molecule has 0 spiro atoms. The molecule has 1 amide bonds. The maximum absolute atomic E-state index is 12.1. The first-order chi connectivity index (χ1) is 10.1. The van der Waals surface area contributed by atoms with Crippen molar-refractivity contribution in [3.63, 3.8) is 0 Å². The highest BCUT2D eigenvalue weighted by Gasteiger charge is 2.22. The fourth-order valence-electron chi connectivity index (χ4n) is 2.39. The number of amides is 1. The van der Waals surface area contributed by atoms with Crippen LogP contribution in [0.3, 0.4) is 0 Å². The number of likely N-dealkylation sites (N-methyl/N-ethyl adjacent to an activating group) is 1. The molecule has 1 aromatic carbocycles. The van der Waals surface area contributed by atoms with Crippen LogP contribution in [0.2, 0.25) is 5.02 Å². The molecule has 1 aliphatic heterocycles. The van der Waals surface area contributed by atoms with Gasteiger partial charge in [-0.3, -0.25) is 9.69 Å². The van der Waals surface area contributed by atoms with E-state index < -0.39 is 0 Å². The normalized spacial score (nSPS) is 19.7. The number of carbonyl (C=O) groups excluding carboxylic acids is 1. The third-order valence-electron chi connectivity index (χ3n) is 3.71. The lowest BCUT2D eigenvalue weighted by Crippen LogP contribution is -2.42. The van der Waals surface area contributed by atoms with Crippen LogP contribution in [0, 0.1) is 0 Å². The Balaban J connectivity index is 1.88. The lowest BCUT2D eigenvalue weighted by Gasteiger charge is -2.24. The van der Waals surface area contributed by atoms with E-state index in [1.54, 1.807) is 12.1 Å². The van der Waals surface area contributed by atoms with Crippen LogP contribution in [-0.2, 0) is 4.79 Å². The summed E-state index contributed by atoms with van der Waals surface area (Å²) in [6.07, 6.45) is 1.13. The van der Waals surface area contributed by atoms with Gasteiger partial charge in [-0.05, 0) is 36.9 Å². The molecule has 2 atom stereocenters. The summed E-state index contributed by atoms with van der Waals surface area (Å²) in [5.74, 6) is 2.19. The minimum absolute atomic E-state index is 0.0663. The third-order valence-corrected chi connectivity index (χ3v) is 5.11. The fourth-order valence-corrected chi connectivity index (χ4v) is 3.82. The van der Waals surface area contributed by atoms with Gasteiger partial charge in [0.1, 0.15) is 0 Å². The number of rotatable bonds is 6. The van der Waals surface area contributed by atoms with Gasteiger partial charge in [-0.2, -0.15) is 11.8 Å². The molecule has 1 aromatic rings. The Morgan fingerprint density at radius 2 is 2.24 bits per heavy atom. The average molecular weight is 329 g/mol. The van der Waals surface area contributed by atoms with Gasteiger partial charge >= 0.3 is 0 Å². The van der Waals surface area contributed by atoms with Gasteiger partial charge in [0.15, 0.2) is 0 Å². The zero-order valence-corrected chi connectivity index (χ0v) is 13.7. The fraction of sp³-hybridized carbons (Fsp3) is 0.533. The zero-order chi connectivity index (χ0) is 15.2. The number of halogens is 1. The van der Waals surface area contributed by atoms with Crippen molar-refractivity contribution in [1.82, 2.24) is 10.2 Å². The molecule has 1 saturated heterocycles. The second-order valence-electron chi connectivity index (χ2n) is 5.29. The molecule has 0 saturated carbocycles. The molecule has 6 heteroatoms. The highest BCUT2D eigenvalue weighted by molar-refractivity contribution is 7.99. The molecule has 1 aliphatic rings. The van der Waals surface area contributed by atoms with E-state index in [1.807, 2.05) is 30.9 Å². The number of nitrogens with one attached hydrogen (secondary N) is 1. The van der Waals surface area contributed by atoms with Gasteiger partial charge in [-0.1, -0.05) is 23.7 Å². The van der Waals surface area contributed by atoms with Crippen molar-refractivity contribution in [2.75, 3.05) is 31.7 Å². The molecule has 0 bridgehead atoms. The molecule has 0 aliphatic carbocycles. The molecule has 1 fully saturated rings. The summed E-state index contributed by atoms with van der Waals surface area (Å²) in [6.45, 7) is 0.228. The first-order valence-electron chi connectivity index (χ1n) is 7.04. The Hall–Kier alpha value is -0.750. The van der Waals surface area contributed by atoms with Gasteiger partial charge < -0.3 is 10.4 Å². The Kier molecular flexibility index (Phi) is 6.36. The van der Waals surface area contributed by atoms with E-state index in [2.05, 4.69) is 10.2 Å². The highest BCUT2D eigenvalue weighted by Crippen LogP contribution is 2.21. The Labute approximate surface area is 134 Å². The summed E-state index contributed by atoms with van der Waals surface area (Å²) < 4.78 is 0. The predicted molar refractivity (Wildman–Crippen MR) is 87.8 cm³/mol. The molecule has 2 rings (SSSR count). The molecule has 2 unspecified atom stereocenters. The van der Waals surface area contributed by atoms with E-state index in [-0.39, 0.29) is 18.6 Å². The number of aliphatic hydroxyl groups is 1. The second-order valence-corrected chi connectivity index (χ2v) is 6.87. The predicted octanol–water partition coefficient (Wildman–Crippen LogP) is 1.93. The maximum Gasteiger partial charge on any atom is 0.234 e. The van der Waals surface area contributed by atoms with E-state index in [9.17, 15) is 9.90 Å². The molecular weight excluding hydrogens is 308 g/mol. The standard InChI is InChI=1S/C15H21ClN2O2S/c1-18(13-6-7-21-10-13)8-15(20)17-14(9-19)11-2-4-12(16)5-3-11/h2-5,13-14,19H,6-10H2,1H3,(H,17,20). The van der Waals surface area contributed by atoms with Crippen molar-refractivity contribution in [2.24, 2.45) is 0 Å². The van der Waals surface area contributed by atoms with Crippen LogP contribution in [0.15, 0.2) is 24.3 Å². The summed E-state index contributed by atoms with van der Waals surface area (Å²) in [4.78, 5) is 14.2. The minimum atomic E-state index is -0.388. The molecule has 116 valence electrons. The zero-order valence-electron chi connectivity index (χ0n) is 12.1. The summed E-state index contributed by atoms with van der Waals surface area (Å²) in [5, 5.41) is 13.0. The molecule has 4 nitrogen and oxygen atoms in total. The average Bonchev–Trinajstić information content (AvgIpc) is 3.00. The highest BCUT2D eigenvalue weighted by atomic mass is 35.5. The van der Waals surface area contributed by atoms with Gasteiger partial charge in [0.2, 0.25) is 5.91 Å². The first kappa shape index (κ1) is 16.6. The third kappa shape index (κ3) is 4.88. The molecule has 0 aromatic heterocycles. The molecule has 1 heterocycles. The minimum Gasteiger partial charge on any atom is -0.394 e. The van der Waals surface area contributed by atoms with Crippen LogP contribution in [0.1, 0.15) is 18.0 Å². The van der Waals surface area contributed by atoms with E-state index in [1.165, 1.54) is 5.75 Å². The second kappa shape index (κ2) is 8.03. The van der Waals surface area contributed by atoms with Crippen molar-refractivity contribution < 1.29 is 9.90 Å². The van der Waals surface area contributed by atoms with Crippen LogP contribution < -0.4 is 5.32 Å². The number of nitrogens with zero attached hydrogens (tertiary/aromatic N) is 1. The Morgan fingerprint density at radius 1 is 1.52 bits per heavy atom. The van der Waals surface area contributed by atoms with E-state index in [4.69, 9.17) is 11.6 Å². The van der Waals surface area contributed by atoms with E-state index >= 15 is 0 Å². The van der Waals surface area contributed by atoms with Crippen LogP contribution in [0.25, 0.3) is 0 Å². The quantitative estimate of drug-likeness (QED) is 0.838. The van der Waals surface area contributed by atoms with Gasteiger partial charge in [0.05, 0.1) is 19.2 Å². The molecule has 0 radical (unpaired) electrons. The topological polar surface area (TPSA) is 52.6 Å². The number of hydrogen-bond donors (Lipinski definition) is 2. The van der Waals surface area contributed by atoms with Crippen molar-refractivity contribution in [2.45, 2.75) is 18.5 Å². The lowest BCUT2D eigenvalue weighted by molar-refractivity contribution is -0.123. The monoisotopic (exact) mass is 328 g/mol. The van der Waals surface area contributed by atoms with Crippen molar-refractivity contribution >= 4 is 29.3 Å². The summed E-state index contributed by atoms with van der Waals surface area (Å²) in [6, 6.07) is 7.24. The van der Waals surface area contributed by atoms with Gasteiger partial charge in [0, 0.05) is 16.8 Å². The number of thioether (sulfide) groups is 1. The van der Waals surface area contributed by atoms with Crippen LogP contribution in [-0.4, -0.2) is 53.7 Å². The molecular formula is C15H21ClN2O2S. The van der Waals surface area contributed by atoms with Crippen LogP contribution >= 0.6 is 23.4 Å². The number of benzene rings is 1. The van der Waals surface area contributed by atoms with Gasteiger partial charge in [-0.15, -0.1) is 0 Å². The van der Waals surface area contributed by atoms with Gasteiger partial charge in [0.25, 0.3) is 0 Å². The number of hydrogen-bond acceptors (Lipinski definition) is 4. The summed E-state index contributed by atoms with van der Waals surface area (Å²) >= 11 is 7.78. The summed E-state index contributed by atoms with van der Waals surface area (Å²) in [5.41, 5.74) is 0.856. The maximum atomic E-state index is 12.1. The first-order valence-corrected chi connectivity index (χ1v) is 8.57. The summed E-state index contributed by atoms with van der Waals surface area (Å²) in [7, 11) is 1.98. The Bertz CT molecular complexity index is 463. The molecule has 21 heavy (non-hydrogen) atoms. The largest absolute Gasteiger partial charge is 0.394 e. The van der Waals surface area contributed by atoms with Crippen molar-refractivity contribution in [1.29, 1.82) is 0 Å². The van der Waals surface area contributed by atoms with Gasteiger partial charge in [-0.25, -0.2) is 0 Å². The number of carbonyl (C=O) groups is 1.